The molecule has 3 rings (SSSR count). The summed E-state index contributed by atoms with van der Waals surface area (Å²) in [5.74, 6) is -0.493. The Labute approximate surface area is 186 Å². The molecule has 1 aromatic heterocycles. The Morgan fingerprint density at radius 3 is 2.41 bits per heavy atom. The van der Waals surface area contributed by atoms with E-state index in [9.17, 15) is 9.18 Å². The molecule has 0 atom stereocenters. The topological polar surface area (TPSA) is 86.2 Å². The van der Waals surface area contributed by atoms with Crippen LogP contribution < -0.4 is 0 Å². The Kier molecular flexibility index (Phi) is 8.73. The van der Waals surface area contributed by atoms with Crippen LogP contribution in [0.3, 0.4) is 0 Å². The van der Waals surface area contributed by atoms with Gasteiger partial charge in [-0.2, -0.15) is 9.59 Å². The summed E-state index contributed by atoms with van der Waals surface area (Å²) in [4.78, 5) is 37.8. The van der Waals surface area contributed by atoms with Gasteiger partial charge < -0.3 is 4.74 Å². The van der Waals surface area contributed by atoms with Crippen LogP contribution in [-0.2, 0) is 25.5 Å². The average molecular weight is 438 g/mol. The van der Waals surface area contributed by atoms with E-state index in [2.05, 4.69) is 0 Å². The standard InChI is InChI=1S/C24H27FN2O2.CO2/c1-16-12-13-19-21(14-16)26-20(10-5-6-11-22(28)29-24(2,3)4)23(27-19)17-8-7-9-18(25)15-17;2-1-3/h7-9,12-15H,5-6,10-11H2,1-4H3;. The van der Waals surface area contributed by atoms with Gasteiger partial charge in [0.1, 0.15) is 11.4 Å². The zero-order chi connectivity index (χ0) is 23.7. The van der Waals surface area contributed by atoms with E-state index >= 15 is 0 Å². The van der Waals surface area contributed by atoms with Crippen molar-refractivity contribution in [3.05, 3.63) is 59.5 Å². The highest BCUT2D eigenvalue weighted by Gasteiger charge is 2.16. The second-order valence-electron chi connectivity index (χ2n) is 8.40. The minimum absolute atomic E-state index is 0.192. The number of nitrogens with zero attached hydrogens (tertiary/aromatic N) is 2. The molecule has 7 heteroatoms. The molecule has 2 aromatic carbocycles. The zero-order valence-corrected chi connectivity index (χ0v) is 18.8. The first kappa shape index (κ1) is 24.8. The van der Waals surface area contributed by atoms with Crippen LogP contribution in [0.25, 0.3) is 22.3 Å². The maximum absolute atomic E-state index is 13.8. The fourth-order valence-electron chi connectivity index (χ4n) is 3.20. The van der Waals surface area contributed by atoms with E-state index in [1.807, 2.05) is 52.0 Å². The maximum Gasteiger partial charge on any atom is 0.373 e. The molecule has 0 aliphatic rings. The predicted octanol–water partition coefficient (Wildman–Crippen LogP) is 5.22. The average Bonchev–Trinajstić information content (AvgIpc) is 2.70. The van der Waals surface area contributed by atoms with E-state index in [-0.39, 0.29) is 17.9 Å². The minimum atomic E-state index is -0.469. The first-order valence-electron chi connectivity index (χ1n) is 10.4. The van der Waals surface area contributed by atoms with Gasteiger partial charge in [-0.05, 0) is 76.8 Å². The second kappa shape index (κ2) is 11.3. The van der Waals surface area contributed by atoms with E-state index < -0.39 is 5.60 Å². The Morgan fingerprint density at radius 1 is 1.03 bits per heavy atom. The summed E-state index contributed by atoms with van der Waals surface area (Å²) in [5, 5.41) is 0. The van der Waals surface area contributed by atoms with E-state index in [0.29, 0.717) is 30.5 Å². The minimum Gasteiger partial charge on any atom is -0.460 e. The third kappa shape index (κ3) is 7.67. The molecule has 168 valence electrons. The normalized spacial score (nSPS) is 10.8. The van der Waals surface area contributed by atoms with Crippen molar-refractivity contribution in [2.75, 3.05) is 0 Å². The monoisotopic (exact) mass is 438 g/mol. The lowest BCUT2D eigenvalue weighted by Crippen LogP contribution is -2.23. The molecular weight excluding hydrogens is 411 g/mol. The number of esters is 1. The van der Waals surface area contributed by atoms with Crippen LogP contribution in [0.5, 0.6) is 0 Å². The highest BCUT2D eigenvalue weighted by atomic mass is 19.1. The van der Waals surface area contributed by atoms with Crippen molar-refractivity contribution < 1.29 is 23.5 Å². The summed E-state index contributed by atoms with van der Waals surface area (Å²) in [5.41, 5.74) is 4.47. The number of carbonyl (C=O) groups is 1. The van der Waals surface area contributed by atoms with E-state index in [1.165, 1.54) is 12.1 Å². The molecule has 0 bridgehead atoms. The van der Waals surface area contributed by atoms with E-state index in [4.69, 9.17) is 24.3 Å². The lowest BCUT2D eigenvalue weighted by atomic mass is 10.0. The molecule has 0 spiro atoms. The van der Waals surface area contributed by atoms with Crippen LogP contribution in [-0.4, -0.2) is 27.7 Å². The number of halogens is 1. The quantitative estimate of drug-likeness (QED) is 0.388. The number of rotatable bonds is 6. The number of fused-ring (bicyclic) bond motifs is 1. The first-order valence-corrected chi connectivity index (χ1v) is 10.4. The summed E-state index contributed by atoms with van der Waals surface area (Å²) >= 11 is 0. The van der Waals surface area contributed by atoms with Crippen molar-refractivity contribution in [1.29, 1.82) is 0 Å². The number of ether oxygens (including phenoxy) is 1. The third-order valence-electron chi connectivity index (χ3n) is 4.45. The molecule has 0 unspecified atom stereocenters. The van der Waals surface area contributed by atoms with Crippen LogP contribution in [0.1, 0.15) is 51.3 Å². The summed E-state index contributed by atoms with van der Waals surface area (Å²) in [6.07, 6.45) is 2.75. The molecular formula is C25H27FN2O4. The van der Waals surface area contributed by atoms with Gasteiger partial charge in [-0.15, -0.1) is 0 Å². The Balaban J connectivity index is 0.00000114. The van der Waals surface area contributed by atoms with Crippen molar-refractivity contribution in [1.82, 2.24) is 9.97 Å². The predicted molar refractivity (Wildman–Crippen MR) is 118 cm³/mol. The van der Waals surface area contributed by atoms with Crippen molar-refractivity contribution in [2.24, 2.45) is 0 Å². The van der Waals surface area contributed by atoms with Crippen molar-refractivity contribution in [3.8, 4) is 11.3 Å². The SMILES string of the molecule is Cc1ccc2nc(-c3cccc(F)c3)c(CCCCC(=O)OC(C)(C)C)nc2c1.O=C=O. The smallest absolute Gasteiger partial charge is 0.373 e. The van der Waals surface area contributed by atoms with Gasteiger partial charge in [-0.25, -0.2) is 14.4 Å². The lowest BCUT2D eigenvalue weighted by Gasteiger charge is -2.19. The number of hydrogen-bond donors (Lipinski definition) is 0. The summed E-state index contributed by atoms with van der Waals surface area (Å²) in [6.45, 7) is 7.61. The number of hydrogen-bond acceptors (Lipinski definition) is 6. The van der Waals surface area contributed by atoms with Crippen LogP contribution in [0.4, 0.5) is 4.39 Å². The molecule has 0 radical (unpaired) electrons. The molecule has 6 nitrogen and oxygen atoms in total. The number of aryl methyl sites for hydroxylation is 2. The van der Waals surface area contributed by atoms with Gasteiger partial charge >= 0.3 is 12.1 Å². The molecule has 1 heterocycles. The molecule has 0 fully saturated rings. The Bertz CT molecular complexity index is 1120. The van der Waals surface area contributed by atoms with Crippen LogP contribution >= 0.6 is 0 Å². The van der Waals surface area contributed by atoms with E-state index in [1.54, 1.807) is 6.07 Å². The van der Waals surface area contributed by atoms with Crippen molar-refractivity contribution in [2.45, 2.75) is 59.0 Å². The molecule has 0 aliphatic heterocycles. The molecule has 0 saturated carbocycles. The number of carbonyl (C=O) groups excluding carboxylic acids is 3. The number of benzene rings is 2. The van der Waals surface area contributed by atoms with Gasteiger partial charge in [0.05, 0.1) is 22.4 Å². The largest absolute Gasteiger partial charge is 0.460 e. The maximum atomic E-state index is 13.8. The second-order valence-corrected chi connectivity index (χ2v) is 8.40. The number of aromatic nitrogens is 2. The van der Waals surface area contributed by atoms with Crippen LogP contribution in [0.2, 0.25) is 0 Å². The van der Waals surface area contributed by atoms with Gasteiger partial charge in [-0.3, -0.25) is 4.79 Å². The third-order valence-corrected chi connectivity index (χ3v) is 4.45. The fourth-order valence-corrected chi connectivity index (χ4v) is 3.20. The molecule has 32 heavy (non-hydrogen) atoms. The number of unbranched alkanes of at least 4 members (excludes halogenated alkanes) is 1. The summed E-state index contributed by atoms with van der Waals surface area (Å²) in [7, 11) is 0. The lowest BCUT2D eigenvalue weighted by molar-refractivity contribution is -0.191. The Hall–Kier alpha value is -3.44. The summed E-state index contributed by atoms with van der Waals surface area (Å²) in [6, 6.07) is 12.4. The molecule has 0 saturated heterocycles. The fraction of sp³-hybridized carbons (Fsp3) is 0.360. The highest BCUT2D eigenvalue weighted by Crippen LogP contribution is 2.26. The van der Waals surface area contributed by atoms with Gasteiger partial charge in [0.2, 0.25) is 0 Å². The van der Waals surface area contributed by atoms with E-state index in [0.717, 1.165) is 28.7 Å². The highest BCUT2D eigenvalue weighted by molar-refractivity contribution is 5.79. The van der Waals surface area contributed by atoms with Gasteiger partial charge in [-0.1, -0.05) is 18.2 Å². The Morgan fingerprint density at radius 2 is 1.75 bits per heavy atom. The van der Waals surface area contributed by atoms with Gasteiger partial charge in [0, 0.05) is 12.0 Å². The molecule has 0 N–H and O–H groups in total. The zero-order valence-electron chi connectivity index (χ0n) is 18.8. The van der Waals surface area contributed by atoms with Gasteiger partial charge in [0.25, 0.3) is 0 Å². The first-order chi connectivity index (χ1) is 15.1. The van der Waals surface area contributed by atoms with Crippen molar-refractivity contribution in [3.63, 3.8) is 0 Å². The molecule has 0 aliphatic carbocycles. The van der Waals surface area contributed by atoms with Gasteiger partial charge in [0.15, 0.2) is 0 Å². The molecule has 3 aromatic rings. The van der Waals surface area contributed by atoms with Crippen LogP contribution in [0, 0.1) is 12.7 Å². The summed E-state index contributed by atoms with van der Waals surface area (Å²) < 4.78 is 19.1. The van der Waals surface area contributed by atoms with Crippen molar-refractivity contribution >= 4 is 23.2 Å². The molecule has 0 amide bonds. The van der Waals surface area contributed by atoms with Crippen LogP contribution in [0.15, 0.2) is 42.5 Å².